The third-order valence-corrected chi connectivity index (χ3v) is 3.51. The summed E-state index contributed by atoms with van der Waals surface area (Å²) in [6.45, 7) is 5.01. The van der Waals surface area contributed by atoms with Gasteiger partial charge in [-0.25, -0.2) is 4.39 Å². The highest BCUT2D eigenvalue weighted by Gasteiger charge is 2.14. The molecule has 0 bridgehead atoms. The van der Waals surface area contributed by atoms with E-state index in [1.54, 1.807) is 6.07 Å². The van der Waals surface area contributed by atoms with Gasteiger partial charge < -0.3 is 15.9 Å². The van der Waals surface area contributed by atoms with Crippen molar-refractivity contribution >= 4 is 11.9 Å². The lowest BCUT2D eigenvalue weighted by atomic mass is 9.93. The van der Waals surface area contributed by atoms with Crippen LogP contribution in [0.4, 0.5) is 4.39 Å². The molecule has 0 saturated carbocycles. The fourth-order valence-corrected chi connectivity index (χ4v) is 2.55. The van der Waals surface area contributed by atoms with E-state index in [-0.39, 0.29) is 6.42 Å². The molecule has 0 fully saturated rings. The van der Waals surface area contributed by atoms with Crippen molar-refractivity contribution in [1.82, 2.24) is 0 Å². The second-order valence-electron chi connectivity index (χ2n) is 5.76. The normalized spacial score (nSPS) is 11.2. The van der Waals surface area contributed by atoms with Crippen LogP contribution in [0.1, 0.15) is 36.1 Å². The number of carboxylic acids is 2. The SMILES string of the molecule is CC(=O)O.Cc1cccc(C)c1-c1cc(F)cc([C@@H](N)CC(=O)O)c1. The maximum atomic E-state index is 13.9. The lowest BCUT2D eigenvalue weighted by Gasteiger charge is -2.14. The number of aryl methyl sites for hydroxylation is 2. The largest absolute Gasteiger partial charge is 0.481 e. The Morgan fingerprint density at radius 2 is 1.64 bits per heavy atom. The molecule has 2 rings (SSSR count). The summed E-state index contributed by atoms with van der Waals surface area (Å²) in [5.41, 5.74) is 10.1. The Morgan fingerprint density at radius 3 is 2.12 bits per heavy atom. The predicted molar refractivity (Wildman–Crippen MR) is 93.8 cm³/mol. The lowest BCUT2D eigenvalue weighted by Crippen LogP contribution is -2.15. The summed E-state index contributed by atoms with van der Waals surface area (Å²) >= 11 is 0. The smallest absolute Gasteiger partial charge is 0.305 e. The lowest BCUT2D eigenvalue weighted by molar-refractivity contribution is -0.137. The van der Waals surface area contributed by atoms with Gasteiger partial charge >= 0.3 is 5.97 Å². The zero-order valence-electron chi connectivity index (χ0n) is 14.4. The fourth-order valence-electron chi connectivity index (χ4n) is 2.55. The van der Waals surface area contributed by atoms with Gasteiger partial charge in [0.15, 0.2) is 0 Å². The summed E-state index contributed by atoms with van der Waals surface area (Å²) in [4.78, 5) is 19.8. The van der Waals surface area contributed by atoms with Crippen molar-refractivity contribution in [3.05, 3.63) is 58.9 Å². The third-order valence-electron chi connectivity index (χ3n) is 3.51. The molecule has 0 aliphatic carbocycles. The van der Waals surface area contributed by atoms with Gasteiger partial charge in [-0.1, -0.05) is 18.2 Å². The van der Waals surface area contributed by atoms with Crippen LogP contribution in [0.2, 0.25) is 0 Å². The van der Waals surface area contributed by atoms with E-state index in [1.165, 1.54) is 12.1 Å². The molecule has 0 saturated heterocycles. The highest BCUT2D eigenvalue weighted by Crippen LogP contribution is 2.30. The average Bonchev–Trinajstić information content (AvgIpc) is 2.45. The van der Waals surface area contributed by atoms with Gasteiger partial charge in [-0.3, -0.25) is 9.59 Å². The standard InChI is InChI=1S/C17H18FNO2.C2H4O2/c1-10-4-3-5-11(2)17(10)13-6-12(7-14(18)8-13)15(19)9-16(20)21;1-2(3)4/h3-8,15H,9,19H2,1-2H3,(H,20,21);1H3,(H,3,4)/t15-;/m0./s1. The van der Waals surface area contributed by atoms with Crippen LogP contribution in [0.5, 0.6) is 0 Å². The molecule has 5 nitrogen and oxygen atoms in total. The number of benzene rings is 2. The summed E-state index contributed by atoms with van der Waals surface area (Å²) in [5.74, 6) is -2.24. The molecule has 0 heterocycles. The van der Waals surface area contributed by atoms with Crippen molar-refractivity contribution in [3.63, 3.8) is 0 Å². The Morgan fingerprint density at radius 1 is 1.12 bits per heavy atom. The molecule has 25 heavy (non-hydrogen) atoms. The van der Waals surface area contributed by atoms with Gasteiger partial charge in [0.1, 0.15) is 5.82 Å². The molecule has 0 unspecified atom stereocenters. The van der Waals surface area contributed by atoms with Crippen LogP contribution in [0, 0.1) is 19.7 Å². The van der Waals surface area contributed by atoms with E-state index in [0.717, 1.165) is 29.2 Å². The van der Waals surface area contributed by atoms with Gasteiger partial charge in [0.2, 0.25) is 0 Å². The van der Waals surface area contributed by atoms with Crippen molar-refractivity contribution in [2.75, 3.05) is 0 Å². The molecule has 2 aromatic rings. The first-order chi connectivity index (χ1) is 11.6. The Kier molecular flexibility index (Phi) is 7.26. The zero-order valence-corrected chi connectivity index (χ0v) is 14.4. The quantitative estimate of drug-likeness (QED) is 0.783. The Bertz CT molecular complexity index is 750. The highest BCUT2D eigenvalue weighted by atomic mass is 19.1. The van der Waals surface area contributed by atoms with E-state index in [9.17, 15) is 9.18 Å². The third kappa shape index (κ3) is 6.35. The zero-order chi connectivity index (χ0) is 19.1. The van der Waals surface area contributed by atoms with Crippen LogP contribution in [0.15, 0.2) is 36.4 Å². The first kappa shape index (κ1) is 20.3. The summed E-state index contributed by atoms with van der Waals surface area (Å²) in [5, 5.41) is 16.2. The molecular formula is C19H22FNO4. The first-order valence-corrected chi connectivity index (χ1v) is 7.65. The van der Waals surface area contributed by atoms with Gasteiger partial charge in [-0.05, 0) is 59.9 Å². The summed E-state index contributed by atoms with van der Waals surface area (Å²) in [6, 6.07) is 9.67. The number of nitrogens with two attached hydrogens (primary N) is 1. The average molecular weight is 347 g/mol. The summed E-state index contributed by atoms with van der Waals surface area (Å²) < 4.78 is 13.9. The van der Waals surface area contributed by atoms with Crippen molar-refractivity contribution in [2.45, 2.75) is 33.2 Å². The van der Waals surface area contributed by atoms with E-state index in [1.807, 2.05) is 32.0 Å². The molecule has 0 aliphatic rings. The van der Waals surface area contributed by atoms with Crippen molar-refractivity contribution in [2.24, 2.45) is 5.73 Å². The molecule has 134 valence electrons. The minimum absolute atomic E-state index is 0.227. The molecule has 6 heteroatoms. The molecule has 0 spiro atoms. The van der Waals surface area contributed by atoms with Crippen LogP contribution in [0.3, 0.4) is 0 Å². The van der Waals surface area contributed by atoms with Crippen molar-refractivity contribution < 1.29 is 24.2 Å². The predicted octanol–water partition coefficient (Wildman–Crippen LogP) is 3.67. The number of hydrogen-bond acceptors (Lipinski definition) is 3. The molecule has 2 aromatic carbocycles. The molecule has 0 amide bonds. The van der Waals surface area contributed by atoms with Crippen LogP contribution < -0.4 is 5.73 Å². The maximum absolute atomic E-state index is 13.9. The van der Waals surface area contributed by atoms with E-state index >= 15 is 0 Å². The van der Waals surface area contributed by atoms with Crippen molar-refractivity contribution in [1.29, 1.82) is 0 Å². The monoisotopic (exact) mass is 347 g/mol. The van der Waals surface area contributed by atoms with E-state index < -0.39 is 23.8 Å². The number of rotatable bonds is 4. The van der Waals surface area contributed by atoms with Gasteiger partial charge in [-0.2, -0.15) is 0 Å². The second-order valence-corrected chi connectivity index (χ2v) is 5.76. The van der Waals surface area contributed by atoms with Gasteiger partial charge in [0.25, 0.3) is 5.97 Å². The molecular weight excluding hydrogens is 325 g/mol. The second kappa shape index (κ2) is 8.94. The summed E-state index contributed by atoms with van der Waals surface area (Å²) in [6.07, 6.45) is -0.227. The Labute approximate surface area is 145 Å². The van der Waals surface area contributed by atoms with Crippen LogP contribution >= 0.6 is 0 Å². The molecule has 0 aliphatic heterocycles. The number of carboxylic acid groups (broad SMARTS) is 2. The number of carbonyl (C=O) groups is 2. The minimum Gasteiger partial charge on any atom is -0.481 e. The molecule has 0 aromatic heterocycles. The summed E-state index contributed by atoms with van der Waals surface area (Å²) in [7, 11) is 0. The highest BCUT2D eigenvalue weighted by molar-refractivity contribution is 5.72. The molecule has 4 N–H and O–H groups in total. The molecule has 0 radical (unpaired) electrons. The number of halogens is 1. The van der Waals surface area contributed by atoms with Gasteiger partial charge in [-0.15, -0.1) is 0 Å². The minimum atomic E-state index is -1.000. The van der Waals surface area contributed by atoms with E-state index in [2.05, 4.69) is 0 Å². The number of aliphatic carboxylic acids is 2. The van der Waals surface area contributed by atoms with Crippen LogP contribution in [-0.4, -0.2) is 22.2 Å². The van der Waals surface area contributed by atoms with Crippen LogP contribution in [0.25, 0.3) is 11.1 Å². The Hall–Kier alpha value is -2.73. The topological polar surface area (TPSA) is 101 Å². The van der Waals surface area contributed by atoms with Crippen LogP contribution in [-0.2, 0) is 9.59 Å². The maximum Gasteiger partial charge on any atom is 0.305 e. The van der Waals surface area contributed by atoms with E-state index in [4.69, 9.17) is 20.7 Å². The Balaban J connectivity index is 0.000000705. The molecule has 1 atom stereocenters. The first-order valence-electron chi connectivity index (χ1n) is 7.65. The van der Waals surface area contributed by atoms with Gasteiger partial charge in [0, 0.05) is 13.0 Å². The number of hydrogen-bond donors (Lipinski definition) is 3. The van der Waals surface area contributed by atoms with Crippen molar-refractivity contribution in [3.8, 4) is 11.1 Å². The van der Waals surface area contributed by atoms with E-state index in [0.29, 0.717) is 5.56 Å². The fraction of sp³-hybridized carbons (Fsp3) is 0.263. The van der Waals surface area contributed by atoms with Gasteiger partial charge in [0.05, 0.1) is 6.42 Å².